The van der Waals surface area contributed by atoms with Crippen molar-refractivity contribution in [2.24, 2.45) is 0 Å². The van der Waals surface area contributed by atoms with Crippen LogP contribution >= 0.6 is 12.4 Å². The molecule has 0 unspecified atom stereocenters. The lowest BCUT2D eigenvalue weighted by Gasteiger charge is -2.32. The predicted molar refractivity (Wildman–Crippen MR) is 125 cm³/mol. The minimum absolute atomic E-state index is 0. The summed E-state index contributed by atoms with van der Waals surface area (Å²) in [6.45, 7) is 2.66. The molecule has 1 fully saturated rings. The van der Waals surface area contributed by atoms with E-state index in [9.17, 15) is 13.6 Å². The van der Waals surface area contributed by atoms with E-state index in [1.165, 1.54) is 17.7 Å². The van der Waals surface area contributed by atoms with E-state index < -0.39 is 12.5 Å². The summed E-state index contributed by atoms with van der Waals surface area (Å²) in [5, 5.41) is 2.63. The van der Waals surface area contributed by atoms with Crippen LogP contribution in [0.3, 0.4) is 0 Å². The van der Waals surface area contributed by atoms with Gasteiger partial charge in [0.15, 0.2) is 0 Å². The molecule has 0 aliphatic carbocycles. The van der Waals surface area contributed by atoms with Crippen molar-refractivity contribution in [3.05, 3.63) is 65.7 Å². The van der Waals surface area contributed by atoms with Gasteiger partial charge in [0.2, 0.25) is 5.91 Å². The Labute approximate surface area is 195 Å². The Morgan fingerprint density at radius 2 is 1.78 bits per heavy atom. The number of benzene rings is 2. The number of hydrogen-bond donors (Lipinski definition) is 1. The molecule has 0 atom stereocenters. The fourth-order valence-corrected chi connectivity index (χ4v) is 3.52. The van der Waals surface area contributed by atoms with Crippen molar-refractivity contribution in [2.75, 3.05) is 52.9 Å². The van der Waals surface area contributed by atoms with E-state index in [0.29, 0.717) is 25.4 Å². The molecule has 0 radical (unpaired) electrons. The molecule has 1 saturated heterocycles. The summed E-state index contributed by atoms with van der Waals surface area (Å²) in [4.78, 5) is 16.1. The largest absolute Gasteiger partial charge is 0.494 e. The lowest BCUT2D eigenvalue weighted by Crippen LogP contribution is -2.50. The number of nitrogens with zero attached hydrogens (tertiary/aromatic N) is 2. The number of likely N-dealkylation sites (N-methyl/N-ethyl adjacent to an activating group) is 1. The van der Waals surface area contributed by atoms with Gasteiger partial charge in [0.25, 0.3) is 5.92 Å². The quantitative estimate of drug-likeness (QED) is 0.542. The topological polar surface area (TPSA) is 44.8 Å². The van der Waals surface area contributed by atoms with Gasteiger partial charge in [0.1, 0.15) is 5.75 Å². The van der Waals surface area contributed by atoms with Gasteiger partial charge in [-0.3, -0.25) is 4.79 Å². The normalized spacial score (nSPS) is 14.7. The summed E-state index contributed by atoms with van der Waals surface area (Å²) in [6.07, 6.45) is 1.68. The summed E-state index contributed by atoms with van der Waals surface area (Å²) in [6, 6.07) is 16.1. The number of nitrogens with one attached hydrogen (secondary N) is 1. The van der Waals surface area contributed by atoms with Gasteiger partial charge in [0.05, 0.1) is 19.7 Å². The number of amides is 1. The average Bonchev–Trinajstić information content (AvgIpc) is 2.78. The standard InChI is InChI=1S/C24H31F2N3O2.ClH/c1-28-12-14-29(15-13-28)23(30)18-27-19-24(25,26)21-10-5-11-22(17-21)31-16-6-9-20-7-3-2-4-8-20;/h2-5,7-8,10-11,17,27H,6,9,12-16,18-19H2,1H3;1H. The average molecular weight is 468 g/mol. The Morgan fingerprint density at radius 3 is 2.50 bits per heavy atom. The molecule has 1 aliphatic rings. The zero-order chi connectivity index (χ0) is 22.1. The highest BCUT2D eigenvalue weighted by Gasteiger charge is 2.32. The number of alkyl halides is 2. The lowest BCUT2D eigenvalue weighted by molar-refractivity contribution is -0.132. The van der Waals surface area contributed by atoms with Crippen LogP contribution in [0.25, 0.3) is 0 Å². The Balaban J connectivity index is 0.00000363. The Kier molecular flexibility index (Phi) is 10.4. The van der Waals surface area contributed by atoms with Crippen LogP contribution in [0, 0.1) is 0 Å². The first-order valence-electron chi connectivity index (χ1n) is 10.8. The van der Waals surface area contributed by atoms with Gasteiger partial charge in [-0.2, -0.15) is 8.78 Å². The summed E-state index contributed by atoms with van der Waals surface area (Å²) in [5.41, 5.74) is 1.11. The van der Waals surface area contributed by atoms with Gasteiger partial charge in [-0.1, -0.05) is 42.5 Å². The molecule has 1 amide bonds. The minimum atomic E-state index is -3.09. The van der Waals surface area contributed by atoms with E-state index >= 15 is 0 Å². The smallest absolute Gasteiger partial charge is 0.285 e. The highest BCUT2D eigenvalue weighted by Crippen LogP contribution is 2.29. The number of carbonyl (C=O) groups is 1. The van der Waals surface area contributed by atoms with Crippen LogP contribution in [0.1, 0.15) is 17.5 Å². The monoisotopic (exact) mass is 467 g/mol. The molecule has 1 N–H and O–H groups in total. The van der Waals surface area contributed by atoms with E-state index in [-0.39, 0.29) is 30.4 Å². The van der Waals surface area contributed by atoms with E-state index in [0.717, 1.165) is 25.9 Å². The van der Waals surface area contributed by atoms with Crippen molar-refractivity contribution in [3.63, 3.8) is 0 Å². The molecule has 5 nitrogen and oxygen atoms in total. The predicted octanol–water partition coefficient (Wildman–Crippen LogP) is 3.58. The number of ether oxygens (including phenoxy) is 1. The number of aryl methyl sites for hydroxylation is 1. The molecular formula is C24H32ClF2N3O2. The lowest BCUT2D eigenvalue weighted by atomic mass is 10.1. The van der Waals surface area contributed by atoms with E-state index in [1.807, 2.05) is 25.2 Å². The van der Waals surface area contributed by atoms with Crippen LogP contribution in [0.15, 0.2) is 54.6 Å². The number of piperazine rings is 1. The highest BCUT2D eigenvalue weighted by atomic mass is 35.5. The first-order valence-corrected chi connectivity index (χ1v) is 10.8. The fourth-order valence-electron chi connectivity index (χ4n) is 3.52. The third-order valence-corrected chi connectivity index (χ3v) is 5.46. The number of hydrogen-bond acceptors (Lipinski definition) is 4. The van der Waals surface area contributed by atoms with Crippen LogP contribution in [0.4, 0.5) is 8.78 Å². The molecule has 0 bridgehead atoms. The molecule has 32 heavy (non-hydrogen) atoms. The number of rotatable bonds is 10. The molecule has 1 aliphatic heterocycles. The van der Waals surface area contributed by atoms with Crippen molar-refractivity contribution in [2.45, 2.75) is 18.8 Å². The maximum atomic E-state index is 14.6. The Bertz CT molecular complexity index is 831. The van der Waals surface area contributed by atoms with Crippen molar-refractivity contribution in [1.29, 1.82) is 0 Å². The van der Waals surface area contributed by atoms with Crippen molar-refractivity contribution >= 4 is 18.3 Å². The maximum Gasteiger partial charge on any atom is 0.285 e. The maximum absolute atomic E-state index is 14.6. The molecular weight excluding hydrogens is 436 g/mol. The molecule has 176 valence electrons. The van der Waals surface area contributed by atoms with Crippen molar-refractivity contribution < 1.29 is 18.3 Å². The van der Waals surface area contributed by atoms with Crippen LogP contribution in [-0.2, 0) is 17.1 Å². The molecule has 2 aromatic rings. The van der Waals surface area contributed by atoms with Crippen LogP contribution in [0.2, 0.25) is 0 Å². The number of halogens is 3. The first kappa shape index (κ1) is 26.0. The second-order valence-electron chi connectivity index (χ2n) is 7.96. The second kappa shape index (κ2) is 12.7. The molecule has 2 aromatic carbocycles. The zero-order valence-electron chi connectivity index (χ0n) is 18.4. The first-order chi connectivity index (χ1) is 14.9. The third-order valence-electron chi connectivity index (χ3n) is 5.46. The summed E-state index contributed by atoms with van der Waals surface area (Å²) in [7, 11) is 2.00. The van der Waals surface area contributed by atoms with Gasteiger partial charge in [0, 0.05) is 31.7 Å². The van der Waals surface area contributed by atoms with Crippen LogP contribution in [-0.4, -0.2) is 68.6 Å². The van der Waals surface area contributed by atoms with Gasteiger partial charge >= 0.3 is 0 Å². The van der Waals surface area contributed by atoms with Crippen molar-refractivity contribution in [3.8, 4) is 5.75 Å². The molecule has 0 spiro atoms. The molecule has 3 rings (SSSR count). The Hall–Kier alpha value is -2.22. The molecule has 0 aromatic heterocycles. The molecule has 1 heterocycles. The van der Waals surface area contributed by atoms with E-state index in [1.54, 1.807) is 17.0 Å². The van der Waals surface area contributed by atoms with E-state index in [2.05, 4.69) is 22.3 Å². The fraction of sp³-hybridized carbons (Fsp3) is 0.458. The molecule has 8 heteroatoms. The van der Waals surface area contributed by atoms with Crippen LogP contribution in [0.5, 0.6) is 5.75 Å². The van der Waals surface area contributed by atoms with E-state index in [4.69, 9.17) is 4.74 Å². The zero-order valence-corrected chi connectivity index (χ0v) is 19.3. The molecule has 0 saturated carbocycles. The van der Waals surface area contributed by atoms with Gasteiger partial charge in [-0.05, 0) is 37.6 Å². The third kappa shape index (κ3) is 8.04. The van der Waals surface area contributed by atoms with Crippen LogP contribution < -0.4 is 10.1 Å². The van der Waals surface area contributed by atoms with Gasteiger partial charge < -0.3 is 19.9 Å². The van der Waals surface area contributed by atoms with Gasteiger partial charge in [-0.25, -0.2) is 0 Å². The Morgan fingerprint density at radius 1 is 1.06 bits per heavy atom. The minimum Gasteiger partial charge on any atom is -0.494 e. The van der Waals surface area contributed by atoms with Gasteiger partial charge in [-0.15, -0.1) is 12.4 Å². The summed E-state index contributed by atoms with van der Waals surface area (Å²) < 4.78 is 35.0. The number of carbonyl (C=O) groups excluding carboxylic acids is 1. The van der Waals surface area contributed by atoms with Crippen molar-refractivity contribution in [1.82, 2.24) is 15.1 Å². The summed E-state index contributed by atoms with van der Waals surface area (Å²) >= 11 is 0. The SMILES string of the molecule is CN1CCN(C(=O)CNCC(F)(F)c2cccc(OCCCc3ccccc3)c2)CC1.Cl. The summed E-state index contributed by atoms with van der Waals surface area (Å²) in [5.74, 6) is -2.80. The second-order valence-corrected chi connectivity index (χ2v) is 7.96. The highest BCUT2D eigenvalue weighted by molar-refractivity contribution is 5.85.